The summed E-state index contributed by atoms with van der Waals surface area (Å²) in [6, 6.07) is 2.11. The first-order valence-corrected chi connectivity index (χ1v) is 8.76. The maximum Gasteiger partial charge on any atom is 0.200 e. The number of aliphatic hydroxyl groups excluding tert-OH is 1. The number of fused-ring (bicyclic) bond motifs is 2. The van der Waals surface area contributed by atoms with Gasteiger partial charge in [-0.1, -0.05) is 13.8 Å². The maximum absolute atomic E-state index is 9.68. The lowest BCUT2D eigenvalue weighted by Crippen LogP contribution is -2.32. The first-order valence-electron chi connectivity index (χ1n) is 8.76. The van der Waals surface area contributed by atoms with E-state index in [0.717, 1.165) is 54.3 Å². The Morgan fingerprint density at radius 1 is 1.28 bits per heavy atom. The van der Waals surface area contributed by atoms with Crippen molar-refractivity contribution in [2.45, 2.75) is 52.8 Å². The van der Waals surface area contributed by atoms with Crippen LogP contribution in [-0.2, 0) is 26.1 Å². The molecule has 0 amide bonds. The van der Waals surface area contributed by atoms with Gasteiger partial charge in [-0.2, -0.15) is 14.7 Å². The number of aromatic nitrogens is 6. The number of nitrogens with zero attached hydrogens (tertiary/aromatic N) is 7. The molecule has 4 rings (SSSR count). The molecule has 1 aliphatic heterocycles. The number of aliphatic hydroxyl groups is 1. The number of rotatable bonds is 4. The number of hydrogen-bond donors (Lipinski definition) is 1. The lowest BCUT2D eigenvalue weighted by molar-refractivity contribution is 0.274. The molecule has 8 nitrogen and oxygen atoms in total. The third-order valence-corrected chi connectivity index (χ3v) is 4.87. The molecule has 0 aliphatic carbocycles. The van der Waals surface area contributed by atoms with E-state index >= 15 is 0 Å². The maximum atomic E-state index is 9.68. The predicted molar refractivity (Wildman–Crippen MR) is 93.4 cm³/mol. The number of anilines is 1. The Morgan fingerprint density at radius 2 is 2.12 bits per heavy atom. The van der Waals surface area contributed by atoms with Gasteiger partial charge in [0.05, 0.1) is 23.7 Å². The van der Waals surface area contributed by atoms with Gasteiger partial charge in [0.15, 0.2) is 0 Å². The fourth-order valence-corrected chi connectivity index (χ4v) is 3.50. The van der Waals surface area contributed by atoms with E-state index in [1.54, 1.807) is 10.8 Å². The van der Waals surface area contributed by atoms with E-state index < -0.39 is 0 Å². The largest absolute Gasteiger partial charge is 0.390 e. The molecule has 0 atom stereocenters. The van der Waals surface area contributed by atoms with Crippen molar-refractivity contribution in [3.05, 3.63) is 35.0 Å². The molecule has 3 aromatic rings. The SMILES string of the molecule is CCn1nc(CO)c2c1CCN(c1cc(C(C)C)nn3cnnc13)C2. The summed E-state index contributed by atoms with van der Waals surface area (Å²) in [4.78, 5) is 2.29. The van der Waals surface area contributed by atoms with Crippen molar-refractivity contribution < 1.29 is 5.11 Å². The molecule has 132 valence electrons. The molecule has 3 aromatic heterocycles. The van der Waals surface area contributed by atoms with Crippen LogP contribution >= 0.6 is 0 Å². The highest BCUT2D eigenvalue weighted by molar-refractivity contribution is 5.69. The van der Waals surface area contributed by atoms with Crippen LogP contribution in [0.3, 0.4) is 0 Å². The Bertz CT molecular complexity index is 911. The minimum absolute atomic E-state index is 0.0306. The van der Waals surface area contributed by atoms with Crippen molar-refractivity contribution in [1.29, 1.82) is 0 Å². The fourth-order valence-electron chi connectivity index (χ4n) is 3.50. The Kier molecular flexibility index (Phi) is 3.91. The summed E-state index contributed by atoms with van der Waals surface area (Å²) in [6.45, 7) is 8.74. The topological polar surface area (TPSA) is 84.4 Å². The lowest BCUT2D eigenvalue weighted by Gasteiger charge is -2.30. The van der Waals surface area contributed by atoms with Crippen LogP contribution in [0.25, 0.3) is 5.65 Å². The fraction of sp³-hybridized carbons (Fsp3) is 0.529. The van der Waals surface area contributed by atoms with Crippen molar-refractivity contribution in [1.82, 2.24) is 29.6 Å². The molecule has 1 N–H and O–H groups in total. The Balaban J connectivity index is 1.78. The van der Waals surface area contributed by atoms with Crippen LogP contribution in [0.1, 0.15) is 49.3 Å². The van der Waals surface area contributed by atoms with E-state index in [9.17, 15) is 5.11 Å². The van der Waals surface area contributed by atoms with Gasteiger partial charge < -0.3 is 10.0 Å². The summed E-state index contributed by atoms with van der Waals surface area (Å²) in [5.41, 5.74) is 5.96. The zero-order valence-corrected chi connectivity index (χ0v) is 14.8. The molecule has 0 saturated heterocycles. The molecule has 8 heteroatoms. The summed E-state index contributed by atoms with van der Waals surface area (Å²) >= 11 is 0. The van der Waals surface area contributed by atoms with Crippen molar-refractivity contribution in [2.24, 2.45) is 0 Å². The van der Waals surface area contributed by atoms with Gasteiger partial charge in [0.1, 0.15) is 6.33 Å². The zero-order chi connectivity index (χ0) is 17.6. The molecule has 4 heterocycles. The van der Waals surface area contributed by atoms with E-state index in [1.807, 2.05) is 4.68 Å². The predicted octanol–water partition coefficient (Wildman–Crippen LogP) is 1.52. The van der Waals surface area contributed by atoms with Crippen LogP contribution in [-0.4, -0.2) is 41.2 Å². The Morgan fingerprint density at radius 3 is 2.84 bits per heavy atom. The quantitative estimate of drug-likeness (QED) is 0.774. The third-order valence-electron chi connectivity index (χ3n) is 4.87. The smallest absolute Gasteiger partial charge is 0.200 e. The Labute approximate surface area is 146 Å². The van der Waals surface area contributed by atoms with Crippen molar-refractivity contribution >= 4 is 11.3 Å². The van der Waals surface area contributed by atoms with E-state index in [-0.39, 0.29) is 6.61 Å². The van der Waals surface area contributed by atoms with Gasteiger partial charge in [0, 0.05) is 37.3 Å². The second kappa shape index (κ2) is 6.11. The summed E-state index contributed by atoms with van der Waals surface area (Å²) in [5.74, 6) is 0.321. The van der Waals surface area contributed by atoms with Crippen LogP contribution in [0.4, 0.5) is 5.69 Å². The molecule has 25 heavy (non-hydrogen) atoms. The third kappa shape index (κ3) is 2.57. The van der Waals surface area contributed by atoms with E-state index in [2.05, 4.69) is 52.1 Å². The first-order chi connectivity index (χ1) is 12.1. The number of hydrogen-bond acceptors (Lipinski definition) is 6. The van der Waals surface area contributed by atoms with Crippen LogP contribution in [0.5, 0.6) is 0 Å². The van der Waals surface area contributed by atoms with Crippen LogP contribution < -0.4 is 4.90 Å². The van der Waals surface area contributed by atoms with Gasteiger partial charge in [0.2, 0.25) is 5.65 Å². The molecule has 0 aromatic carbocycles. The minimum atomic E-state index is -0.0306. The highest BCUT2D eigenvalue weighted by Gasteiger charge is 2.26. The van der Waals surface area contributed by atoms with E-state index in [1.165, 1.54) is 5.69 Å². The minimum Gasteiger partial charge on any atom is -0.390 e. The normalized spacial score (nSPS) is 14.5. The lowest BCUT2D eigenvalue weighted by atomic mass is 10.0. The van der Waals surface area contributed by atoms with Gasteiger partial charge in [-0.3, -0.25) is 4.68 Å². The van der Waals surface area contributed by atoms with Crippen LogP contribution in [0.2, 0.25) is 0 Å². The molecule has 1 aliphatic rings. The summed E-state index contributed by atoms with van der Waals surface area (Å²) in [7, 11) is 0. The van der Waals surface area contributed by atoms with Crippen molar-refractivity contribution in [3.63, 3.8) is 0 Å². The monoisotopic (exact) mass is 341 g/mol. The summed E-state index contributed by atoms with van der Waals surface area (Å²) in [5, 5.41) is 27.1. The highest BCUT2D eigenvalue weighted by Crippen LogP contribution is 2.30. The Hall–Kier alpha value is -2.48. The average molecular weight is 341 g/mol. The second-order valence-electron chi connectivity index (χ2n) is 6.73. The molecule has 0 unspecified atom stereocenters. The first kappa shape index (κ1) is 16.0. The van der Waals surface area contributed by atoms with Gasteiger partial charge in [-0.15, -0.1) is 10.2 Å². The highest BCUT2D eigenvalue weighted by atomic mass is 16.3. The average Bonchev–Trinajstić information content (AvgIpc) is 3.24. The second-order valence-corrected chi connectivity index (χ2v) is 6.73. The van der Waals surface area contributed by atoms with Gasteiger partial charge in [-0.25, -0.2) is 0 Å². The van der Waals surface area contributed by atoms with Crippen molar-refractivity contribution in [2.75, 3.05) is 11.4 Å². The zero-order valence-electron chi connectivity index (χ0n) is 14.8. The molecule has 0 saturated carbocycles. The summed E-state index contributed by atoms with van der Waals surface area (Å²) < 4.78 is 3.76. The molecule has 0 bridgehead atoms. The van der Waals surface area contributed by atoms with E-state index in [0.29, 0.717) is 5.92 Å². The van der Waals surface area contributed by atoms with Gasteiger partial charge in [-0.05, 0) is 18.9 Å². The molecule has 0 fully saturated rings. The molecular formula is C17H23N7O. The molecular weight excluding hydrogens is 318 g/mol. The van der Waals surface area contributed by atoms with E-state index in [4.69, 9.17) is 0 Å². The van der Waals surface area contributed by atoms with Gasteiger partial charge >= 0.3 is 0 Å². The number of aryl methyl sites for hydroxylation is 1. The molecule has 0 radical (unpaired) electrons. The van der Waals surface area contributed by atoms with Gasteiger partial charge in [0.25, 0.3) is 0 Å². The molecule has 0 spiro atoms. The van der Waals surface area contributed by atoms with Crippen LogP contribution in [0.15, 0.2) is 12.4 Å². The standard InChI is InChI=1S/C17H23N7O/c1-4-23-15-5-6-22(8-12(15)14(9-25)21-23)16-7-13(11(2)3)20-24-10-18-19-17(16)24/h7,10-11,25H,4-6,8-9H2,1-3H3. The summed E-state index contributed by atoms with van der Waals surface area (Å²) in [6.07, 6.45) is 2.55. The van der Waals surface area contributed by atoms with Crippen molar-refractivity contribution in [3.8, 4) is 0 Å². The van der Waals surface area contributed by atoms with Crippen LogP contribution in [0, 0.1) is 0 Å².